The highest BCUT2D eigenvalue weighted by atomic mass is 35.5. The molecule has 0 aliphatic heterocycles. The van der Waals surface area contributed by atoms with Gasteiger partial charge in [-0.3, -0.25) is 4.79 Å². The van der Waals surface area contributed by atoms with E-state index in [2.05, 4.69) is 5.10 Å². The molecule has 0 spiro atoms. The van der Waals surface area contributed by atoms with Gasteiger partial charge in [0.05, 0.1) is 11.3 Å². The van der Waals surface area contributed by atoms with Crippen LogP contribution in [-0.4, -0.2) is 25.1 Å². The van der Waals surface area contributed by atoms with Crippen molar-refractivity contribution in [1.82, 2.24) is 14.3 Å². The molecule has 0 aromatic carbocycles. The molecule has 0 fully saturated rings. The first-order valence-corrected chi connectivity index (χ1v) is 5.37. The normalized spacial score (nSPS) is 10.6. The van der Waals surface area contributed by atoms with Crippen molar-refractivity contribution in [2.24, 2.45) is 7.05 Å². The molecule has 94 valence electrons. The van der Waals surface area contributed by atoms with E-state index in [1.165, 1.54) is 6.20 Å². The molecule has 0 unspecified atom stereocenters. The summed E-state index contributed by atoms with van der Waals surface area (Å²) in [7, 11) is 1.80. The highest BCUT2D eigenvalue weighted by Crippen LogP contribution is 2.21. The molecule has 18 heavy (non-hydrogen) atoms. The zero-order chi connectivity index (χ0) is 13.3. The molecule has 2 heterocycles. The first-order chi connectivity index (χ1) is 8.47. The SMILES string of the molecule is Cn1ccc(C(=O)Cn2cc(Cl)c([N+](=O)[O-])n2)c1. The lowest BCUT2D eigenvalue weighted by molar-refractivity contribution is -0.389. The number of nitrogens with zero attached hydrogens (tertiary/aromatic N) is 4. The number of halogens is 1. The van der Waals surface area contributed by atoms with Crippen LogP contribution in [0.4, 0.5) is 5.82 Å². The van der Waals surface area contributed by atoms with Crippen LogP contribution in [0.3, 0.4) is 0 Å². The Bertz CT molecular complexity index is 616. The first-order valence-electron chi connectivity index (χ1n) is 5.00. The minimum atomic E-state index is -0.689. The summed E-state index contributed by atoms with van der Waals surface area (Å²) < 4.78 is 2.90. The molecule has 0 saturated heterocycles. The van der Waals surface area contributed by atoms with Gasteiger partial charge in [0, 0.05) is 25.0 Å². The number of carbonyl (C=O) groups is 1. The van der Waals surface area contributed by atoms with Crippen molar-refractivity contribution in [2.75, 3.05) is 0 Å². The average molecular weight is 269 g/mol. The van der Waals surface area contributed by atoms with Gasteiger partial charge in [-0.25, -0.2) is 0 Å². The van der Waals surface area contributed by atoms with Crippen LogP contribution in [0.15, 0.2) is 24.7 Å². The summed E-state index contributed by atoms with van der Waals surface area (Å²) >= 11 is 5.63. The third-order valence-corrected chi connectivity index (χ3v) is 2.60. The summed E-state index contributed by atoms with van der Waals surface area (Å²) in [5.41, 5.74) is 0.520. The van der Waals surface area contributed by atoms with Crippen LogP contribution in [0.2, 0.25) is 5.02 Å². The fourth-order valence-corrected chi connectivity index (χ4v) is 1.72. The van der Waals surface area contributed by atoms with Gasteiger partial charge in [-0.2, -0.15) is 4.68 Å². The lowest BCUT2D eigenvalue weighted by Gasteiger charge is -1.94. The molecule has 0 aliphatic rings. The number of carbonyl (C=O) groups excluding carboxylic acids is 1. The van der Waals surface area contributed by atoms with E-state index in [1.54, 1.807) is 30.1 Å². The molecule has 0 aliphatic carbocycles. The number of aryl methyl sites for hydroxylation is 1. The number of hydrogen-bond acceptors (Lipinski definition) is 4. The van der Waals surface area contributed by atoms with Gasteiger partial charge in [0.25, 0.3) is 0 Å². The van der Waals surface area contributed by atoms with Crippen LogP contribution in [0.1, 0.15) is 10.4 Å². The van der Waals surface area contributed by atoms with E-state index in [1.807, 2.05) is 0 Å². The van der Waals surface area contributed by atoms with Gasteiger partial charge in [-0.1, -0.05) is 11.6 Å². The van der Waals surface area contributed by atoms with E-state index >= 15 is 0 Å². The van der Waals surface area contributed by atoms with Crippen LogP contribution in [-0.2, 0) is 13.6 Å². The molecule has 0 N–H and O–H groups in total. The number of Topliss-reactive ketones (excluding diaryl/α,β-unsaturated/α-hetero) is 1. The van der Waals surface area contributed by atoms with E-state index in [0.29, 0.717) is 5.56 Å². The molecule has 0 saturated carbocycles. The number of aromatic nitrogens is 3. The van der Waals surface area contributed by atoms with Crippen LogP contribution < -0.4 is 0 Å². The molecule has 2 rings (SSSR count). The van der Waals surface area contributed by atoms with Crippen molar-refractivity contribution >= 4 is 23.2 Å². The van der Waals surface area contributed by atoms with E-state index in [0.717, 1.165) is 4.68 Å². The number of nitro groups is 1. The molecular weight excluding hydrogens is 260 g/mol. The van der Waals surface area contributed by atoms with Crippen molar-refractivity contribution in [3.63, 3.8) is 0 Å². The largest absolute Gasteiger partial charge is 0.408 e. The minimum Gasteiger partial charge on any atom is -0.358 e. The van der Waals surface area contributed by atoms with Crippen molar-refractivity contribution in [3.05, 3.63) is 45.4 Å². The molecule has 0 atom stereocenters. The quantitative estimate of drug-likeness (QED) is 0.480. The molecule has 0 radical (unpaired) electrons. The summed E-state index contributed by atoms with van der Waals surface area (Å²) in [4.78, 5) is 21.7. The van der Waals surface area contributed by atoms with Crippen LogP contribution in [0.5, 0.6) is 0 Å². The molecule has 2 aromatic heterocycles. The van der Waals surface area contributed by atoms with Crippen LogP contribution in [0, 0.1) is 10.1 Å². The Hall–Kier alpha value is -2.15. The van der Waals surface area contributed by atoms with Crippen molar-refractivity contribution in [3.8, 4) is 0 Å². The summed E-state index contributed by atoms with van der Waals surface area (Å²) in [6.07, 6.45) is 4.67. The van der Waals surface area contributed by atoms with Gasteiger partial charge in [0.1, 0.15) is 6.54 Å². The van der Waals surface area contributed by atoms with E-state index in [-0.39, 0.29) is 17.4 Å². The van der Waals surface area contributed by atoms with E-state index in [9.17, 15) is 14.9 Å². The minimum absolute atomic E-state index is 0.0825. The Balaban J connectivity index is 2.17. The highest BCUT2D eigenvalue weighted by Gasteiger charge is 2.20. The van der Waals surface area contributed by atoms with Crippen molar-refractivity contribution in [2.45, 2.75) is 6.54 Å². The predicted octanol–water partition coefficient (Wildman–Crippen LogP) is 1.67. The van der Waals surface area contributed by atoms with Gasteiger partial charge < -0.3 is 14.7 Å². The summed E-state index contributed by atoms with van der Waals surface area (Å²) in [5.74, 6) is -0.637. The molecule has 7 nitrogen and oxygen atoms in total. The van der Waals surface area contributed by atoms with Gasteiger partial charge in [-0.15, -0.1) is 0 Å². The highest BCUT2D eigenvalue weighted by molar-refractivity contribution is 6.32. The molecule has 0 amide bonds. The third kappa shape index (κ3) is 2.40. The Morgan fingerprint density at radius 2 is 2.28 bits per heavy atom. The second kappa shape index (κ2) is 4.61. The zero-order valence-corrected chi connectivity index (χ0v) is 10.2. The molecular formula is C10H9ClN4O3. The lowest BCUT2D eigenvalue weighted by atomic mass is 10.2. The second-order valence-corrected chi connectivity index (χ2v) is 4.15. The predicted molar refractivity (Wildman–Crippen MR) is 63.6 cm³/mol. The monoisotopic (exact) mass is 268 g/mol. The fourth-order valence-electron chi connectivity index (χ4n) is 1.50. The lowest BCUT2D eigenvalue weighted by Crippen LogP contribution is -2.10. The summed E-state index contributed by atoms with van der Waals surface area (Å²) in [6, 6.07) is 1.67. The Morgan fingerprint density at radius 3 is 2.78 bits per heavy atom. The first kappa shape index (κ1) is 12.3. The molecule has 8 heteroatoms. The summed E-state index contributed by atoms with van der Waals surface area (Å²) in [5, 5.41) is 14.1. The van der Waals surface area contributed by atoms with Gasteiger partial charge >= 0.3 is 5.82 Å². The summed E-state index contributed by atoms with van der Waals surface area (Å²) in [6.45, 7) is -0.0857. The topological polar surface area (TPSA) is 83.0 Å². The average Bonchev–Trinajstić information content (AvgIpc) is 2.85. The zero-order valence-electron chi connectivity index (χ0n) is 9.41. The smallest absolute Gasteiger partial charge is 0.358 e. The van der Waals surface area contributed by atoms with Gasteiger partial charge in [0.15, 0.2) is 10.8 Å². The van der Waals surface area contributed by atoms with Crippen molar-refractivity contribution < 1.29 is 9.72 Å². The number of rotatable bonds is 4. The number of hydrogen-bond donors (Lipinski definition) is 0. The molecule has 2 aromatic rings. The molecule has 0 bridgehead atoms. The fraction of sp³-hybridized carbons (Fsp3) is 0.200. The maximum absolute atomic E-state index is 11.8. The van der Waals surface area contributed by atoms with Gasteiger partial charge in [0.2, 0.25) is 0 Å². The maximum atomic E-state index is 11.8. The van der Waals surface area contributed by atoms with Crippen molar-refractivity contribution in [1.29, 1.82) is 0 Å². The Morgan fingerprint density at radius 1 is 1.56 bits per heavy atom. The van der Waals surface area contributed by atoms with E-state index in [4.69, 9.17) is 11.6 Å². The van der Waals surface area contributed by atoms with Crippen LogP contribution >= 0.6 is 11.6 Å². The number of ketones is 1. The Labute approximate surface area is 107 Å². The maximum Gasteiger partial charge on any atom is 0.408 e. The third-order valence-electron chi connectivity index (χ3n) is 2.33. The second-order valence-electron chi connectivity index (χ2n) is 3.74. The van der Waals surface area contributed by atoms with Crippen LogP contribution in [0.25, 0.3) is 0 Å². The van der Waals surface area contributed by atoms with E-state index < -0.39 is 10.7 Å². The standard InChI is InChI=1S/C10H9ClN4O3/c1-13-3-2-7(4-13)9(16)6-14-5-8(11)10(12-14)15(17)18/h2-5H,6H2,1H3. The van der Waals surface area contributed by atoms with Gasteiger partial charge in [-0.05, 0) is 11.0 Å². The Kier molecular flexibility index (Phi) is 3.15.